The molecule has 2 unspecified atom stereocenters. The molecule has 1 fully saturated rings. The SMILES string of the molecule is Cc1sc2nc(C(C)N3CCC(C)(CN)C3)[nH]c(=O)c2c1C. The largest absolute Gasteiger partial charge is 0.330 e. The molecule has 22 heavy (non-hydrogen) atoms. The molecule has 6 heteroatoms. The standard InChI is InChI=1S/C16H24N4OS/c1-9-11(3)22-15-12(9)14(21)18-13(19-15)10(2)20-6-5-16(4,7-17)8-20/h10H,5-8,17H2,1-4H3,(H,18,19,21). The number of hydrogen-bond acceptors (Lipinski definition) is 5. The Morgan fingerprint density at radius 2 is 2.23 bits per heavy atom. The molecule has 2 atom stereocenters. The zero-order chi connectivity index (χ0) is 16.1. The molecule has 0 aliphatic carbocycles. The molecule has 1 aliphatic rings. The Hall–Kier alpha value is -1.24. The first-order valence-corrected chi connectivity index (χ1v) is 8.60. The highest BCUT2D eigenvalue weighted by atomic mass is 32.1. The second-order valence-corrected chi connectivity index (χ2v) is 8.03. The first kappa shape index (κ1) is 15.6. The van der Waals surface area contributed by atoms with Gasteiger partial charge in [-0.2, -0.15) is 0 Å². The number of hydrogen-bond donors (Lipinski definition) is 2. The lowest BCUT2D eigenvalue weighted by Crippen LogP contribution is -2.33. The maximum absolute atomic E-state index is 12.4. The van der Waals surface area contributed by atoms with Crippen molar-refractivity contribution in [2.45, 2.75) is 40.2 Å². The van der Waals surface area contributed by atoms with E-state index in [1.54, 1.807) is 11.3 Å². The topological polar surface area (TPSA) is 75.0 Å². The van der Waals surface area contributed by atoms with Crippen LogP contribution in [-0.4, -0.2) is 34.5 Å². The Bertz CT molecular complexity index is 765. The van der Waals surface area contributed by atoms with Crippen LogP contribution in [0.1, 0.15) is 42.6 Å². The van der Waals surface area contributed by atoms with Gasteiger partial charge >= 0.3 is 0 Å². The molecule has 5 nitrogen and oxygen atoms in total. The molecule has 1 aliphatic heterocycles. The van der Waals surface area contributed by atoms with Crippen molar-refractivity contribution in [2.24, 2.45) is 11.1 Å². The van der Waals surface area contributed by atoms with E-state index in [9.17, 15) is 4.79 Å². The summed E-state index contributed by atoms with van der Waals surface area (Å²) in [6.45, 7) is 11.0. The molecule has 3 heterocycles. The summed E-state index contributed by atoms with van der Waals surface area (Å²) >= 11 is 1.60. The number of nitrogens with two attached hydrogens (primary N) is 1. The van der Waals surface area contributed by atoms with E-state index in [0.29, 0.717) is 6.54 Å². The maximum Gasteiger partial charge on any atom is 0.259 e. The number of aromatic nitrogens is 2. The predicted octanol–water partition coefficient (Wildman–Crippen LogP) is 2.33. The Morgan fingerprint density at radius 3 is 2.86 bits per heavy atom. The van der Waals surface area contributed by atoms with Crippen LogP contribution in [0.4, 0.5) is 0 Å². The lowest BCUT2D eigenvalue weighted by Gasteiger charge is -2.26. The van der Waals surface area contributed by atoms with Gasteiger partial charge in [0.1, 0.15) is 10.7 Å². The van der Waals surface area contributed by atoms with E-state index in [1.807, 2.05) is 13.8 Å². The zero-order valence-corrected chi connectivity index (χ0v) is 14.5. The van der Waals surface area contributed by atoms with Crippen LogP contribution in [0.3, 0.4) is 0 Å². The molecule has 2 aromatic heterocycles. The second kappa shape index (κ2) is 5.44. The van der Waals surface area contributed by atoms with Gasteiger partial charge in [0.15, 0.2) is 0 Å². The predicted molar refractivity (Wildman–Crippen MR) is 91.5 cm³/mol. The van der Waals surface area contributed by atoms with E-state index < -0.39 is 0 Å². The average molecular weight is 320 g/mol. The van der Waals surface area contributed by atoms with E-state index in [2.05, 4.69) is 23.7 Å². The zero-order valence-electron chi connectivity index (χ0n) is 13.7. The van der Waals surface area contributed by atoms with Gasteiger partial charge < -0.3 is 10.7 Å². The monoisotopic (exact) mass is 320 g/mol. The maximum atomic E-state index is 12.4. The summed E-state index contributed by atoms with van der Waals surface area (Å²) in [5, 5.41) is 0.742. The van der Waals surface area contributed by atoms with Crippen LogP contribution in [0.5, 0.6) is 0 Å². The van der Waals surface area contributed by atoms with Crippen molar-refractivity contribution < 1.29 is 0 Å². The van der Waals surface area contributed by atoms with Gasteiger partial charge in [0, 0.05) is 11.4 Å². The first-order chi connectivity index (χ1) is 10.3. The summed E-state index contributed by atoms with van der Waals surface area (Å²) in [5.41, 5.74) is 7.09. The minimum atomic E-state index is -0.0190. The fourth-order valence-corrected chi connectivity index (χ4v) is 4.24. The van der Waals surface area contributed by atoms with Gasteiger partial charge in [-0.3, -0.25) is 9.69 Å². The first-order valence-electron chi connectivity index (χ1n) is 7.79. The summed E-state index contributed by atoms with van der Waals surface area (Å²) in [5.74, 6) is 0.764. The fourth-order valence-electron chi connectivity index (χ4n) is 3.20. The average Bonchev–Trinajstić information content (AvgIpc) is 3.01. The van der Waals surface area contributed by atoms with E-state index in [4.69, 9.17) is 10.7 Å². The van der Waals surface area contributed by atoms with Crippen molar-refractivity contribution >= 4 is 21.6 Å². The molecule has 1 saturated heterocycles. The van der Waals surface area contributed by atoms with Gasteiger partial charge in [0.05, 0.1) is 11.4 Å². The highest BCUT2D eigenvalue weighted by molar-refractivity contribution is 7.18. The third kappa shape index (κ3) is 2.49. The molecule has 2 aromatic rings. The quantitative estimate of drug-likeness (QED) is 0.910. The Kier molecular flexibility index (Phi) is 3.87. The minimum Gasteiger partial charge on any atom is -0.330 e. The van der Waals surface area contributed by atoms with Crippen LogP contribution in [0.2, 0.25) is 0 Å². The minimum absolute atomic E-state index is 0.0190. The van der Waals surface area contributed by atoms with Gasteiger partial charge in [-0.25, -0.2) is 4.98 Å². The number of H-pyrrole nitrogens is 1. The van der Waals surface area contributed by atoms with Crippen molar-refractivity contribution in [3.63, 3.8) is 0 Å². The van der Waals surface area contributed by atoms with Crippen LogP contribution in [0.25, 0.3) is 10.2 Å². The Balaban J connectivity index is 1.95. The third-order valence-electron chi connectivity index (χ3n) is 5.08. The van der Waals surface area contributed by atoms with Gasteiger partial charge in [-0.1, -0.05) is 6.92 Å². The Labute approximate surface area is 134 Å². The van der Waals surface area contributed by atoms with Gasteiger partial charge in [-0.15, -0.1) is 11.3 Å². The smallest absolute Gasteiger partial charge is 0.259 e. The number of nitrogens with one attached hydrogen (secondary N) is 1. The summed E-state index contributed by atoms with van der Waals surface area (Å²) in [6.07, 6.45) is 1.09. The summed E-state index contributed by atoms with van der Waals surface area (Å²) in [6, 6.07) is 0.105. The molecule has 0 spiro atoms. The number of nitrogens with zero attached hydrogens (tertiary/aromatic N) is 2. The van der Waals surface area contributed by atoms with Crippen LogP contribution in [0, 0.1) is 19.3 Å². The number of aryl methyl sites for hydroxylation is 2. The van der Waals surface area contributed by atoms with Crippen LogP contribution in [-0.2, 0) is 0 Å². The molecule has 0 bridgehead atoms. The number of rotatable bonds is 3. The third-order valence-corrected chi connectivity index (χ3v) is 6.18. The van der Waals surface area contributed by atoms with Crippen molar-refractivity contribution in [1.82, 2.24) is 14.9 Å². The normalized spacial score (nSPS) is 24.2. The van der Waals surface area contributed by atoms with Crippen LogP contribution >= 0.6 is 11.3 Å². The van der Waals surface area contributed by atoms with Crippen LogP contribution < -0.4 is 11.3 Å². The van der Waals surface area contributed by atoms with E-state index in [0.717, 1.165) is 46.0 Å². The molecule has 0 amide bonds. The second-order valence-electron chi connectivity index (χ2n) is 6.83. The summed E-state index contributed by atoms with van der Waals surface area (Å²) < 4.78 is 0. The van der Waals surface area contributed by atoms with Crippen molar-refractivity contribution in [1.29, 1.82) is 0 Å². The Morgan fingerprint density at radius 1 is 1.50 bits per heavy atom. The van der Waals surface area contributed by atoms with Gasteiger partial charge in [0.25, 0.3) is 5.56 Å². The fraction of sp³-hybridized carbons (Fsp3) is 0.625. The lowest BCUT2D eigenvalue weighted by atomic mass is 9.90. The summed E-state index contributed by atoms with van der Waals surface area (Å²) in [7, 11) is 0. The van der Waals surface area contributed by atoms with Gasteiger partial charge in [0.2, 0.25) is 0 Å². The van der Waals surface area contributed by atoms with E-state index >= 15 is 0 Å². The van der Waals surface area contributed by atoms with Crippen LogP contribution in [0.15, 0.2) is 4.79 Å². The molecule has 0 saturated carbocycles. The van der Waals surface area contributed by atoms with E-state index in [-0.39, 0.29) is 17.0 Å². The molecular weight excluding hydrogens is 296 g/mol. The molecule has 3 rings (SSSR count). The number of likely N-dealkylation sites (tertiary alicyclic amines) is 1. The molecule has 0 radical (unpaired) electrons. The molecule has 3 N–H and O–H groups in total. The summed E-state index contributed by atoms with van der Waals surface area (Å²) in [4.78, 5) is 24.5. The molecule has 120 valence electrons. The van der Waals surface area contributed by atoms with Crippen molar-refractivity contribution in [3.8, 4) is 0 Å². The molecular formula is C16H24N4OS. The van der Waals surface area contributed by atoms with Crippen molar-refractivity contribution in [3.05, 3.63) is 26.6 Å². The highest BCUT2D eigenvalue weighted by Crippen LogP contribution is 2.34. The number of thiophene rings is 1. The number of fused-ring (bicyclic) bond motifs is 1. The number of aromatic amines is 1. The van der Waals surface area contributed by atoms with Crippen molar-refractivity contribution in [2.75, 3.05) is 19.6 Å². The van der Waals surface area contributed by atoms with E-state index in [1.165, 1.54) is 0 Å². The van der Waals surface area contributed by atoms with Gasteiger partial charge in [-0.05, 0) is 51.3 Å². The molecule has 0 aromatic carbocycles. The highest BCUT2D eigenvalue weighted by Gasteiger charge is 2.35. The lowest BCUT2D eigenvalue weighted by molar-refractivity contribution is 0.220.